The maximum atomic E-state index is 14.0. The molecule has 0 aliphatic carbocycles. The van der Waals surface area contributed by atoms with Gasteiger partial charge in [-0.2, -0.15) is 32.2 Å². The number of hydrogen-bond donors (Lipinski definition) is 2. The molecule has 1 unspecified atom stereocenters. The molecule has 0 saturated carbocycles. The molecule has 1 atom stereocenters. The first kappa shape index (κ1) is 33.1. The number of furan rings is 1. The topological polar surface area (TPSA) is 108 Å². The standard InChI is InChI=1S/C33H31F5N4O3/c1-18(2)31(4,16-39)15-25(43)22-8-6-7-21(13-22)23-14-24-26(29(44)40-5)27(20-11-9-19(3)10-12-20)45-30(24)42-28(23)41-17-32(34,35)33(36,37)38/h6-14,18H,15,17H2,1-5H3,(H,40,44)(H,41,42). The summed E-state index contributed by atoms with van der Waals surface area (Å²) in [6.07, 6.45) is -5.93. The third kappa shape index (κ3) is 6.67. The van der Waals surface area contributed by atoms with Gasteiger partial charge in [-0.05, 0) is 37.5 Å². The Balaban J connectivity index is 1.92. The molecule has 1 amide bonds. The second kappa shape index (κ2) is 12.3. The highest BCUT2D eigenvalue weighted by molar-refractivity contribution is 6.11. The third-order valence-corrected chi connectivity index (χ3v) is 7.90. The molecule has 0 radical (unpaired) electrons. The zero-order valence-corrected chi connectivity index (χ0v) is 25.2. The van der Waals surface area contributed by atoms with Gasteiger partial charge in [-0.1, -0.05) is 61.9 Å². The molecule has 0 aliphatic rings. The van der Waals surface area contributed by atoms with Gasteiger partial charge in [0.1, 0.15) is 11.6 Å². The summed E-state index contributed by atoms with van der Waals surface area (Å²) in [6.45, 7) is 5.35. The van der Waals surface area contributed by atoms with Crippen LogP contribution in [0.3, 0.4) is 0 Å². The van der Waals surface area contributed by atoms with E-state index in [-0.39, 0.29) is 63.1 Å². The molecule has 0 spiro atoms. The number of nitrogens with zero attached hydrogens (tertiary/aromatic N) is 2. The Morgan fingerprint density at radius 1 is 1.02 bits per heavy atom. The van der Waals surface area contributed by atoms with Crippen LogP contribution in [0, 0.1) is 29.6 Å². The van der Waals surface area contributed by atoms with Crippen LogP contribution in [0.5, 0.6) is 0 Å². The van der Waals surface area contributed by atoms with Gasteiger partial charge >= 0.3 is 12.1 Å². The van der Waals surface area contributed by atoms with E-state index in [2.05, 4.69) is 21.7 Å². The minimum Gasteiger partial charge on any atom is -0.437 e. The van der Waals surface area contributed by atoms with E-state index >= 15 is 0 Å². The van der Waals surface area contributed by atoms with E-state index in [9.17, 15) is 36.8 Å². The Bertz CT molecular complexity index is 1790. The number of fused-ring (bicyclic) bond motifs is 1. The SMILES string of the molecule is CNC(=O)c1c(-c2ccc(C)cc2)oc2nc(NCC(F)(F)C(F)(F)F)c(-c3cccc(C(=O)CC(C)(C#N)C(C)C)c3)cc12. The predicted octanol–water partition coefficient (Wildman–Crippen LogP) is 8.20. The molecule has 4 aromatic rings. The summed E-state index contributed by atoms with van der Waals surface area (Å²) in [5, 5.41) is 14.5. The van der Waals surface area contributed by atoms with Gasteiger partial charge in [0.15, 0.2) is 5.78 Å². The van der Waals surface area contributed by atoms with E-state index < -0.39 is 30.0 Å². The fraction of sp³-hybridized carbons (Fsp3) is 0.333. The smallest absolute Gasteiger partial charge is 0.437 e. The summed E-state index contributed by atoms with van der Waals surface area (Å²) in [7, 11) is 1.41. The molecule has 2 heterocycles. The largest absolute Gasteiger partial charge is 0.455 e. The van der Waals surface area contributed by atoms with E-state index in [4.69, 9.17) is 4.42 Å². The number of carbonyl (C=O) groups excluding carboxylic acids is 2. The number of benzene rings is 2. The van der Waals surface area contributed by atoms with Crippen molar-refractivity contribution in [1.82, 2.24) is 10.3 Å². The first-order valence-corrected chi connectivity index (χ1v) is 14.0. The van der Waals surface area contributed by atoms with Crippen molar-refractivity contribution in [3.8, 4) is 28.5 Å². The number of Topliss-reactive ketones (excluding diaryl/α,β-unsaturated/α-hetero) is 1. The number of nitriles is 1. The quantitative estimate of drug-likeness (QED) is 0.136. The predicted molar refractivity (Wildman–Crippen MR) is 160 cm³/mol. The molecule has 45 heavy (non-hydrogen) atoms. The van der Waals surface area contributed by atoms with Crippen LogP contribution >= 0.6 is 0 Å². The number of anilines is 1. The van der Waals surface area contributed by atoms with Gasteiger partial charge in [0.2, 0.25) is 5.71 Å². The number of halogens is 5. The molecule has 0 aliphatic heterocycles. The number of pyridine rings is 1. The van der Waals surface area contributed by atoms with Crippen molar-refractivity contribution >= 4 is 28.6 Å². The highest BCUT2D eigenvalue weighted by atomic mass is 19.4. The summed E-state index contributed by atoms with van der Waals surface area (Å²) >= 11 is 0. The van der Waals surface area contributed by atoms with E-state index in [0.717, 1.165) is 5.56 Å². The van der Waals surface area contributed by atoms with Crippen molar-refractivity contribution < 1.29 is 36.0 Å². The van der Waals surface area contributed by atoms with Gasteiger partial charge in [0, 0.05) is 30.2 Å². The Morgan fingerprint density at radius 3 is 2.27 bits per heavy atom. The lowest BCUT2D eigenvalue weighted by Crippen LogP contribution is -2.42. The lowest BCUT2D eigenvalue weighted by atomic mass is 9.75. The third-order valence-electron chi connectivity index (χ3n) is 7.90. The van der Waals surface area contributed by atoms with Crippen LogP contribution in [0.1, 0.15) is 53.5 Å². The van der Waals surface area contributed by atoms with Crippen LogP contribution in [-0.4, -0.2) is 42.4 Å². The molecule has 2 aromatic carbocycles. The fourth-order valence-electron chi connectivity index (χ4n) is 4.60. The fourth-order valence-corrected chi connectivity index (χ4v) is 4.60. The number of nitrogens with one attached hydrogen (secondary N) is 2. The number of aromatic nitrogens is 1. The Hall–Kier alpha value is -4.79. The molecule has 2 aromatic heterocycles. The van der Waals surface area contributed by atoms with Gasteiger partial charge in [-0.25, -0.2) is 0 Å². The summed E-state index contributed by atoms with van der Waals surface area (Å²) in [5.74, 6) is -6.41. The van der Waals surface area contributed by atoms with Crippen molar-refractivity contribution in [2.45, 2.75) is 46.2 Å². The van der Waals surface area contributed by atoms with Crippen molar-refractivity contribution in [2.24, 2.45) is 11.3 Å². The Morgan fingerprint density at radius 2 is 1.69 bits per heavy atom. The van der Waals surface area contributed by atoms with Gasteiger partial charge in [0.25, 0.3) is 5.91 Å². The van der Waals surface area contributed by atoms with E-state index in [1.165, 1.54) is 37.4 Å². The molecule has 0 saturated heterocycles. The number of carbonyl (C=O) groups is 2. The van der Waals surface area contributed by atoms with Crippen molar-refractivity contribution in [1.29, 1.82) is 5.26 Å². The second-order valence-electron chi connectivity index (χ2n) is 11.4. The van der Waals surface area contributed by atoms with Crippen molar-refractivity contribution in [2.75, 3.05) is 18.9 Å². The van der Waals surface area contributed by atoms with Crippen LogP contribution in [0.4, 0.5) is 27.8 Å². The molecule has 0 fully saturated rings. The van der Waals surface area contributed by atoms with Crippen molar-refractivity contribution in [3.63, 3.8) is 0 Å². The maximum absolute atomic E-state index is 14.0. The first-order valence-electron chi connectivity index (χ1n) is 14.0. The monoisotopic (exact) mass is 626 g/mol. The number of ketones is 1. The van der Waals surface area contributed by atoms with E-state index in [1.807, 2.05) is 20.8 Å². The average molecular weight is 627 g/mol. The van der Waals surface area contributed by atoms with Crippen LogP contribution in [0.2, 0.25) is 0 Å². The number of alkyl halides is 5. The first-order chi connectivity index (χ1) is 21.0. The highest BCUT2D eigenvalue weighted by Crippen LogP contribution is 2.40. The molecular formula is C33H31F5N4O3. The van der Waals surface area contributed by atoms with Gasteiger partial charge in [-0.3, -0.25) is 9.59 Å². The summed E-state index contributed by atoms with van der Waals surface area (Å²) in [6, 6.07) is 16.6. The van der Waals surface area contributed by atoms with E-state index in [1.54, 1.807) is 31.2 Å². The summed E-state index contributed by atoms with van der Waals surface area (Å²) < 4.78 is 73.1. The lowest BCUT2D eigenvalue weighted by Gasteiger charge is -2.25. The second-order valence-corrected chi connectivity index (χ2v) is 11.4. The van der Waals surface area contributed by atoms with Crippen LogP contribution in [0.25, 0.3) is 33.6 Å². The molecular weight excluding hydrogens is 595 g/mol. The molecule has 236 valence electrons. The normalized spacial score (nSPS) is 13.4. The molecule has 4 rings (SSSR count). The molecule has 2 N–H and O–H groups in total. The van der Waals surface area contributed by atoms with Crippen LogP contribution < -0.4 is 10.6 Å². The van der Waals surface area contributed by atoms with Gasteiger partial charge in [0.05, 0.1) is 29.0 Å². The van der Waals surface area contributed by atoms with Crippen LogP contribution in [0.15, 0.2) is 59.0 Å². The maximum Gasteiger partial charge on any atom is 0.455 e. The minimum atomic E-state index is -5.82. The lowest BCUT2D eigenvalue weighted by molar-refractivity contribution is -0.275. The Labute approximate surface area is 256 Å². The van der Waals surface area contributed by atoms with Crippen LogP contribution in [-0.2, 0) is 0 Å². The number of amides is 1. The molecule has 12 heteroatoms. The van der Waals surface area contributed by atoms with Gasteiger partial charge < -0.3 is 15.1 Å². The molecule has 0 bridgehead atoms. The molecule has 7 nitrogen and oxygen atoms in total. The van der Waals surface area contributed by atoms with Gasteiger partial charge in [-0.15, -0.1) is 0 Å². The average Bonchev–Trinajstić information content (AvgIpc) is 3.37. The minimum absolute atomic E-state index is 0.0449. The number of hydrogen-bond acceptors (Lipinski definition) is 6. The number of aryl methyl sites for hydroxylation is 1. The highest BCUT2D eigenvalue weighted by Gasteiger charge is 2.57. The zero-order valence-electron chi connectivity index (χ0n) is 25.2. The van der Waals surface area contributed by atoms with E-state index in [0.29, 0.717) is 5.56 Å². The number of rotatable bonds is 10. The summed E-state index contributed by atoms with van der Waals surface area (Å²) in [5.41, 5.74) is 0.864. The van der Waals surface area contributed by atoms with Crippen molar-refractivity contribution in [3.05, 3.63) is 71.3 Å². The Kier molecular flexibility index (Phi) is 9.05. The zero-order chi connectivity index (χ0) is 33.3. The summed E-state index contributed by atoms with van der Waals surface area (Å²) in [4.78, 5) is 30.6.